The van der Waals surface area contributed by atoms with Crippen molar-refractivity contribution in [2.45, 2.75) is 44.6 Å². The van der Waals surface area contributed by atoms with E-state index >= 15 is 0 Å². The van der Waals surface area contributed by atoms with Gasteiger partial charge in [-0.05, 0) is 25.8 Å². The molecule has 1 nitrogen and oxygen atoms in total. The zero-order chi connectivity index (χ0) is 8.81. The maximum Gasteiger partial charge on any atom is 0.0243 e. The van der Waals surface area contributed by atoms with E-state index in [1.54, 1.807) is 0 Å². The van der Waals surface area contributed by atoms with E-state index in [1.165, 1.54) is 32.1 Å². The van der Waals surface area contributed by atoms with Crippen molar-refractivity contribution in [3.05, 3.63) is 0 Å². The molecule has 0 heterocycles. The van der Waals surface area contributed by atoms with Gasteiger partial charge in [0, 0.05) is 12.5 Å². The lowest BCUT2D eigenvalue weighted by Crippen LogP contribution is -2.34. The highest BCUT2D eigenvalue weighted by Gasteiger charge is 2.20. The second kappa shape index (κ2) is 5.22. The smallest absolute Gasteiger partial charge is 0.0243 e. The highest BCUT2D eigenvalue weighted by atomic mass is 14.9. The molecule has 1 saturated carbocycles. The minimum absolute atomic E-state index is 0.565. The normalized spacial score (nSPS) is 21.7. The summed E-state index contributed by atoms with van der Waals surface area (Å²) in [5.41, 5.74) is 0. The molecule has 0 aromatic rings. The fourth-order valence-electron chi connectivity index (χ4n) is 2.17. The van der Waals surface area contributed by atoms with E-state index in [2.05, 4.69) is 11.2 Å². The topological polar surface area (TPSA) is 12.0 Å². The number of terminal acetylenes is 1. The van der Waals surface area contributed by atoms with Gasteiger partial charge in [-0.1, -0.05) is 19.3 Å². The third-order valence-corrected chi connectivity index (χ3v) is 2.93. The summed E-state index contributed by atoms with van der Waals surface area (Å²) >= 11 is 0. The molecular formula is C11H19N. The Labute approximate surface area is 75.9 Å². The lowest BCUT2D eigenvalue weighted by atomic mass is 9.83. The molecule has 0 aromatic heterocycles. The van der Waals surface area contributed by atoms with Crippen molar-refractivity contribution >= 4 is 0 Å². The molecule has 1 N–H and O–H groups in total. The van der Waals surface area contributed by atoms with Gasteiger partial charge in [-0.25, -0.2) is 0 Å². The van der Waals surface area contributed by atoms with Gasteiger partial charge < -0.3 is 5.32 Å². The summed E-state index contributed by atoms with van der Waals surface area (Å²) in [4.78, 5) is 0. The summed E-state index contributed by atoms with van der Waals surface area (Å²) in [5, 5.41) is 3.33. The van der Waals surface area contributed by atoms with E-state index in [0.29, 0.717) is 6.04 Å². The number of rotatable bonds is 3. The standard InChI is InChI=1S/C11H19N/c1-3-7-11(12-2)10-8-5-4-6-9-10/h1,10-12H,4-9H2,2H3. The van der Waals surface area contributed by atoms with E-state index in [9.17, 15) is 0 Å². The van der Waals surface area contributed by atoms with E-state index in [-0.39, 0.29) is 0 Å². The average Bonchev–Trinajstić information content (AvgIpc) is 2.15. The Morgan fingerprint density at radius 2 is 2.08 bits per heavy atom. The highest BCUT2D eigenvalue weighted by molar-refractivity contribution is 4.92. The number of nitrogens with one attached hydrogen (secondary N) is 1. The SMILES string of the molecule is C#CCC(NC)C1CCCCC1. The Hall–Kier alpha value is -0.480. The van der Waals surface area contributed by atoms with Crippen molar-refractivity contribution in [3.8, 4) is 12.3 Å². The van der Waals surface area contributed by atoms with Crippen LogP contribution in [0.15, 0.2) is 0 Å². The lowest BCUT2D eigenvalue weighted by molar-refractivity contribution is 0.281. The molecule has 0 amide bonds. The molecule has 1 fully saturated rings. The van der Waals surface area contributed by atoms with Crippen LogP contribution in [-0.4, -0.2) is 13.1 Å². The maximum absolute atomic E-state index is 5.32. The summed E-state index contributed by atoms with van der Waals surface area (Å²) in [6.45, 7) is 0. The van der Waals surface area contributed by atoms with Gasteiger partial charge in [0.25, 0.3) is 0 Å². The van der Waals surface area contributed by atoms with Crippen LogP contribution in [0.5, 0.6) is 0 Å². The first kappa shape index (κ1) is 9.61. The summed E-state index contributed by atoms with van der Waals surface area (Å²) in [6.07, 6.45) is 13.2. The molecule has 0 aromatic carbocycles. The zero-order valence-corrected chi connectivity index (χ0v) is 7.97. The minimum Gasteiger partial charge on any atom is -0.316 e. The Balaban J connectivity index is 2.36. The maximum atomic E-state index is 5.32. The van der Waals surface area contributed by atoms with Gasteiger partial charge >= 0.3 is 0 Å². The molecule has 1 unspecified atom stereocenters. The van der Waals surface area contributed by atoms with Gasteiger partial charge in [0.15, 0.2) is 0 Å². The zero-order valence-electron chi connectivity index (χ0n) is 7.97. The highest BCUT2D eigenvalue weighted by Crippen LogP contribution is 2.27. The fraction of sp³-hybridized carbons (Fsp3) is 0.818. The molecule has 1 aliphatic rings. The van der Waals surface area contributed by atoms with Crippen LogP contribution in [0.1, 0.15) is 38.5 Å². The second-order valence-corrected chi connectivity index (χ2v) is 3.70. The Bertz CT molecular complexity index is 151. The van der Waals surface area contributed by atoms with Crippen molar-refractivity contribution < 1.29 is 0 Å². The molecule has 0 saturated heterocycles. The van der Waals surface area contributed by atoms with Gasteiger partial charge in [-0.3, -0.25) is 0 Å². The quantitative estimate of drug-likeness (QED) is 0.632. The van der Waals surface area contributed by atoms with Crippen LogP contribution >= 0.6 is 0 Å². The lowest BCUT2D eigenvalue weighted by Gasteiger charge is -2.28. The van der Waals surface area contributed by atoms with E-state index in [1.807, 2.05) is 7.05 Å². The van der Waals surface area contributed by atoms with E-state index in [4.69, 9.17) is 6.42 Å². The molecule has 0 aliphatic heterocycles. The third-order valence-electron chi connectivity index (χ3n) is 2.93. The molecule has 0 spiro atoms. The molecule has 0 radical (unpaired) electrons. The van der Waals surface area contributed by atoms with Gasteiger partial charge in [-0.2, -0.15) is 0 Å². The number of hydrogen-bond acceptors (Lipinski definition) is 1. The van der Waals surface area contributed by atoms with Crippen molar-refractivity contribution in [1.29, 1.82) is 0 Å². The number of hydrogen-bond donors (Lipinski definition) is 1. The predicted molar refractivity (Wildman–Crippen MR) is 52.9 cm³/mol. The summed E-state index contributed by atoms with van der Waals surface area (Å²) in [5.74, 6) is 3.59. The van der Waals surface area contributed by atoms with Crippen molar-refractivity contribution in [2.24, 2.45) is 5.92 Å². The fourth-order valence-corrected chi connectivity index (χ4v) is 2.17. The van der Waals surface area contributed by atoms with Gasteiger partial charge in [0.2, 0.25) is 0 Å². The van der Waals surface area contributed by atoms with Gasteiger partial charge in [-0.15, -0.1) is 12.3 Å². The molecule has 0 bridgehead atoms. The monoisotopic (exact) mass is 165 g/mol. The molecule has 1 aliphatic carbocycles. The summed E-state index contributed by atoms with van der Waals surface area (Å²) < 4.78 is 0. The molecule has 12 heavy (non-hydrogen) atoms. The first-order chi connectivity index (χ1) is 5.88. The summed E-state index contributed by atoms with van der Waals surface area (Å²) in [6, 6.07) is 0.565. The van der Waals surface area contributed by atoms with Crippen molar-refractivity contribution in [1.82, 2.24) is 5.32 Å². The van der Waals surface area contributed by atoms with Crippen LogP contribution in [0.2, 0.25) is 0 Å². The molecule has 68 valence electrons. The van der Waals surface area contributed by atoms with Crippen LogP contribution in [0.4, 0.5) is 0 Å². The Morgan fingerprint density at radius 1 is 1.42 bits per heavy atom. The average molecular weight is 165 g/mol. The Morgan fingerprint density at radius 3 is 2.58 bits per heavy atom. The minimum atomic E-state index is 0.565. The molecule has 1 heteroatoms. The largest absolute Gasteiger partial charge is 0.316 e. The molecule has 1 rings (SSSR count). The van der Waals surface area contributed by atoms with Gasteiger partial charge in [0.1, 0.15) is 0 Å². The third kappa shape index (κ3) is 2.53. The van der Waals surface area contributed by atoms with Crippen LogP contribution in [0, 0.1) is 18.3 Å². The molecule has 1 atom stereocenters. The van der Waals surface area contributed by atoms with E-state index in [0.717, 1.165) is 12.3 Å². The van der Waals surface area contributed by atoms with Crippen molar-refractivity contribution in [2.75, 3.05) is 7.05 Å². The van der Waals surface area contributed by atoms with Crippen LogP contribution in [-0.2, 0) is 0 Å². The predicted octanol–water partition coefficient (Wildman–Crippen LogP) is 2.18. The van der Waals surface area contributed by atoms with Crippen molar-refractivity contribution in [3.63, 3.8) is 0 Å². The molecular weight excluding hydrogens is 146 g/mol. The van der Waals surface area contributed by atoms with E-state index < -0.39 is 0 Å². The van der Waals surface area contributed by atoms with Crippen LogP contribution < -0.4 is 5.32 Å². The second-order valence-electron chi connectivity index (χ2n) is 3.70. The summed E-state index contributed by atoms with van der Waals surface area (Å²) in [7, 11) is 2.02. The van der Waals surface area contributed by atoms with Crippen LogP contribution in [0.3, 0.4) is 0 Å². The van der Waals surface area contributed by atoms with Crippen LogP contribution in [0.25, 0.3) is 0 Å². The first-order valence-corrected chi connectivity index (χ1v) is 4.99. The Kier molecular flexibility index (Phi) is 4.18. The van der Waals surface area contributed by atoms with Gasteiger partial charge in [0.05, 0.1) is 0 Å². The first-order valence-electron chi connectivity index (χ1n) is 4.99.